The summed E-state index contributed by atoms with van der Waals surface area (Å²) in [5.74, 6) is 1.31. The minimum Gasteiger partial charge on any atom is -0.361 e. The van der Waals surface area contributed by atoms with Crippen molar-refractivity contribution in [3.8, 4) is 0 Å². The minimum absolute atomic E-state index is 0.133. The van der Waals surface area contributed by atoms with Crippen molar-refractivity contribution in [2.75, 3.05) is 19.9 Å². The van der Waals surface area contributed by atoms with Crippen molar-refractivity contribution in [1.82, 2.24) is 4.90 Å². The number of amides is 1. The van der Waals surface area contributed by atoms with Crippen LogP contribution >= 0.6 is 0 Å². The zero-order chi connectivity index (χ0) is 12.3. The number of carbonyl (C=O) groups is 1. The smallest absolute Gasteiger partial charge is 0.225 e. The fraction of sp³-hybridized carbons (Fsp3) is 0.923. The molecule has 1 heterocycles. The van der Waals surface area contributed by atoms with Crippen molar-refractivity contribution in [3.63, 3.8) is 0 Å². The van der Waals surface area contributed by atoms with E-state index >= 15 is 0 Å². The van der Waals surface area contributed by atoms with Crippen LogP contribution in [0.4, 0.5) is 0 Å². The molecule has 1 aliphatic rings. The van der Waals surface area contributed by atoms with E-state index in [1.54, 1.807) is 0 Å². The number of nitrogens with zero attached hydrogens (tertiary/aromatic N) is 1. The molecule has 94 valence electrons. The minimum atomic E-state index is 0.133. The molecule has 0 aromatic heterocycles. The Morgan fingerprint density at radius 3 is 2.25 bits per heavy atom. The molecule has 16 heavy (non-hydrogen) atoms. The molecule has 0 N–H and O–H groups in total. The molecular weight excluding hydrogens is 202 g/mol. The Morgan fingerprint density at radius 2 is 1.88 bits per heavy atom. The van der Waals surface area contributed by atoms with Crippen LogP contribution in [-0.2, 0) is 9.53 Å². The van der Waals surface area contributed by atoms with Gasteiger partial charge in [0.15, 0.2) is 0 Å². The van der Waals surface area contributed by atoms with Crippen LogP contribution in [0.15, 0.2) is 0 Å². The number of carbonyl (C=O) groups excluding carboxylic acids is 1. The lowest BCUT2D eigenvalue weighted by atomic mass is 9.68. The van der Waals surface area contributed by atoms with Crippen LogP contribution in [-0.4, -0.2) is 30.7 Å². The van der Waals surface area contributed by atoms with E-state index in [1.807, 2.05) is 11.8 Å². The van der Waals surface area contributed by atoms with Crippen LogP contribution in [0, 0.1) is 17.3 Å². The first kappa shape index (κ1) is 13.5. The Hall–Kier alpha value is -0.570. The lowest BCUT2D eigenvalue weighted by Gasteiger charge is -2.36. The lowest BCUT2D eigenvalue weighted by molar-refractivity contribution is -0.132. The van der Waals surface area contributed by atoms with Crippen LogP contribution in [0.1, 0.15) is 41.0 Å². The first-order valence-electron chi connectivity index (χ1n) is 6.29. The standard InChI is InChI=1S/C13H25NO2/c1-6-16-9-14-8-13(10(2)3,11(4)5)7-12(14)15/h10-11H,6-9H2,1-5H3. The van der Waals surface area contributed by atoms with E-state index in [1.165, 1.54) is 0 Å². The Balaban J connectivity index is 2.75. The van der Waals surface area contributed by atoms with E-state index in [0.717, 1.165) is 6.54 Å². The number of hydrogen-bond acceptors (Lipinski definition) is 2. The van der Waals surface area contributed by atoms with E-state index in [0.29, 0.717) is 31.6 Å². The maximum atomic E-state index is 12.0. The van der Waals surface area contributed by atoms with Crippen LogP contribution in [0.2, 0.25) is 0 Å². The van der Waals surface area contributed by atoms with E-state index in [-0.39, 0.29) is 11.3 Å². The average molecular weight is 227 g/mol. The monoisotopic (exact) mass is 227 g/mol. The molecule has 0 unspecified atom stereocenters. The molecule has 0 aliphatic carbocycles. The quantitative estimate of drug-likeness (QED) is 0.722. The van der Waals surface area contributed by atoms with Crippen molar-refractivity contribution in [2.24, 2.45) is 17.3 Å². The third-order valence-corrected chi connectivity index (χ3v) is 4.07. The highest BCUT2D eigenvalue weighted by Crippen LogP contribution is 2.44. The summed E-state index contributed by atoms with van der Waals surface area (Å²) in [6.07, 6.45) is 0.676. The van der Waals surface area contributed by atoms with Gasteiger partial charge in [0, 0.05) is 25.0 Å². The third-order valence-electron chi connectivity index (χ3n) is 4.07. The number of hydrogen-bond donors (Lipinski definition) is 0. The van der Waals surface area contributed by atoms with Gasteiger partial charge in [-0.15, -0.1) is 0 Å². The highest BCUT2D eigenvalue weighted by Gasteiger charge is 2.47. The van der Waals surface area contributed by atoms with Gasteiger partial charge in [0.05, 0.1) is 0 Å². The summed E-state index contributed by atoms with van der Waals surface area (Å²) < 4.78 is 5.35. The van der Waals surface area contributed by atoms with Crippen molar-refractivity contribution < 1.29 is 9.53 Å². The van der Waals surface area contributed by atoms with Crippen molar-refractivity contribution in [1.29, 1.82) is 0 Å². The van der Waals surface area contributed by atoms with Gasteiger partial charge < -0.3 is 9.64 Å². The second-order valence-corrected chi connectivity index (χ2v) is 5.43. The van der Waals surface area contributed by atoms with Gasteiger partial charge >= 0.3 is 0 Å². The average Bonchev–Trinajstić information content (AvgIpc) is 2.54. The number of rotatable bonds is 5. The van der Waals surface area contributed by atoms with Crippen molar-refractivity contribution in [3.05, 3.63) is 0 Å². The van der Waals surface area contributed by atoms with E-state index in [2.05, 4.69) is 27.7 Å². The molecule has 0 atom stereocenters. The zero-order valence-electron chi connectivity index (χ0n) is 11.2. The molecule has 1 saturated heterocycles. The molecule has 3 nitrogen and oxygen atoms in total. The summed E-state index contributed by atoms with van der Waals surface area (Å²) in [4.78, 5) is 13.8. The van der Waals surface area contributed by atoms with Gasteiger partial charge in [0.25, 0.3) is 0 Å². The molecule has 1 amide bonds. The summed E-state index contributed by atoms with van der Waals surface area (Å²) >= 11 is 0. The van der Waals surface area contributed by atoms with Gasteiger partial charge in [0.1, 0.15) is 6.73 Å². The molecule has 0 saturated carbocycles. The zero-order valence-corrected chi connectivity index (χ0v) is 11.2. The lowest BCUT2D eigenvalue weighted by Crippen LogP contribution is -2.37. The van der Waals surface area contributed by atoms with Gasteiger partial charge in [0.2, 0.25) is 5.91 Å². The largest absolute Gasteiger partial charge is 0.361 e. The van der Waals surface area contributed by atoms with Gasteiger partial charge in [-0.25, -0.2) is 0 Å². The van der Waals surface area contributed by atoms with E-state index < -0.39 is 0 Å². The summed E-state index contributed by atoms with van der Waals surface area (Å²) in [6.45, 7) is 12.8. The molecule has 0 bridgehead atoms. The molecular formula is C13H25NO2. The second-order valence-electron chi connectivity index (χ2n) is 5.43. The molecule has 1 rings (SSSR count). The Bertz CT molecular complexity index is 240. The predicted octanol–water partition coefficient (Wildman–Crippen LogP) is 2.51. The SMILES string of the molecule is CCOCN1CC(C(C)C)(C(C)C)CC1=O. The summed E-state index contributed by atoms with van der Waals surface area (Å²) in [6, 6.07) is 0. The third kappa shape index (κ3) is 2.40. The fourth-order valence-corrected chi connectivity index (χ4v) is 2.65. The van der Waals surface area contributed by atoms with Crippen molar-refractivity contribution >= 4 is 5.91 Å². The number of likely N-dealkylation sites (tertiary alicyclic amines) is 1. The molecule has 1 aliphatic heterocycles. The van der Waals surface area contributed by atoms with Crippen LogP contribution in [0.5, 0.6) is 0 Å². The van der Waals surface area contributed by atoms with Gasteiger partial charge in [-0.3, -0.25) is 4.79 Å². The van der Waals surface area contributed by atoms with Crippen LogP contribution in [0.25, 0.3) is 0 Å². The van der Waals surface area contributed by atoms with Gasteiger partial charge in [-0.2, -0.15) is 0 Å². The Morgan fingerprint density at radius 1 is 1.31 bits per heavy atom. The maximum absolute atomic E-state index is 12.0. The molecule has 0 aromatic rings. The molecule has 3 heteroatoms. The molecule has 1 fully saturated rings. The fourth-order valence-electron chi connectivity index (χ4n) is 2.65. The molecule has 0 spiro atoms. The van der Waals surface area contributed by atoms with Gasteiger partial charge in [-0.05, 0) is 18.8 Å². The van der Waals surface area contributed by atoms with E-state index in [4.69, 9.17) is 4.74 Å². The Kier molecular flexibility index (Phi) is 4.36. The maximum Gasteiger partial charge on any atom is 0.225 e. The van der Waals surface area contributed by atoms with Crippen LogP contribution in [0.3, 0.4) is 0 Å². The van der Waals surface area contributed by atoms with Crippen LogP contribution < -0.4 is 0 Å². The molecule has 0 radical (unpaired) electrons. The summed E-state index contributed by atoms with van der Waals surface area (Å²) in [5.41, 5.74) is 0.133. The van der Waals surface area contributed by atoms with E-state index in [9.17, 15) is 4.79 Å². The number of ether oxygens (including phenoxy) is 1. The first-order valence-corrected chi connectivity index (χ1v) is 6.29. The Labute approximate surface area is 99.1 Å². The topological polar surface area (TPSA) is 29.5 Å². The first-order chi connectivity index (χ1) is 7.44. The second kappa shape index (κ2) is 5.17. The highest BCUT2D eigenvalue weighted by molar-refractivity contribution is 5.79. The molecule has 0 aromatic carbocycles. The summed E-state index contributed by atoms with van der Waals surface area (Å²) in [7, 11) is 0. The predicted molar refractivity (Wildman–Crippen MR) is 64.9 cm³/mol. The van der Waals surface area contributed by atoms with Crippen molar-refractivity contribution in [2.45, 2.75) is 41.0 Å². The normalized spacial score (nSPS) is 20.2. The highest BCUT2D eigenvalue weighted by atomic mass is 16.5. The van der Waals surface area contributed by atoms with Gasteiger partial charge in [-0.1, -0.05) is 27.7 Å². The summed E-state index contributed by atoms with van der Waals surface area (Å²) in [5, 5.41) is 0.